The van der Waals surface area contributed by atoms with Crippen LogP contribution >= 0.6 is 0 Å². The maximum absolute atomic E-state index is 11.1. The van der Waals surface area contributed by atoms with Crippen molar-refractivity contribution < 1.29 is 19.1 Å². The number of rotatable bonds is 6. The van der Waals surface area contributed by atoms with Gasteiger partial charge < -0.3 is 9.47 Å². The summed E-state index contributed by atoms with van der Waals surface area (Å²) in [5.41, 5.74) is 1.20. The van der Waals surface area contributed by atoms with Crippen molar-refractivity contribution in [1.29, 1.82) is 0 Å². The Morgan fingerprint density at radius 3 is 2.00 bits per heavy atom. The summed E-state index contributed by atoms with van der Waals surface area (Å²) in [6.45, 7) is 4.40. The zero-order valence-electron chi connectivity index (χ0n) is 13.9. The molecule has 1 aromatic carbocycles. The number of hydrogen-bond acceptors (Lipinski definition) is 5. The van der Waals surface area contributed by atoms with E-state index >= 15 is 0 Å². The molecule has 1 aromatic rings. The standard InChI is InChI=1S/C18H25NO4/c1-14(20)22-12-17-9-6-10-18(13-23-15(2)21)19(17)11-16-7-4-3-5-8-16/h3-5,7-8,17-18H,6,9-13H2,1-2H3/t17-,18+. The lowest BCUT2D eigenvalue weighted by molar-refractivity contribution is -0.146. The van der Waals surface area contributed by atoms with Gasteiger partial charge in [0.2, 0.25) is 0 Å². The summed E-state index contributed by atoms with van der Waals surface area (Å²) in [6.07, 6.45) is 3.01. The molecule has 1 aliphatic heterocycles. The van der Waals surface area contributed by atoms with Gasteiger partial charge in [-0.2, -0.15) is 0 Å². The average molecular weight is 319 g/mol. The highest BCUT2D eigenvalue weighted by atomic mass is 16.5. The Balaban J connectivity index is 2.08. The molecule has 23 heavy (non-hydrogen) atoms. The van der Waals surface area contributed by atoms with Crippen LogP contribution in [0.2, 0.25) is 0 Å². The van der Waals surface area contributed by atoms with Gasteiger partial charge in [-0.1, -0.05) is 36.8 Å². The highest BCUT2D eigenvalue weighted by molar-refractivity contribution is 5.66. The van der Waals surface area contributed by atoms with Crippen LogP contribution in [0.3, 0.4) is 0 Å². The first kappa shape index (κ1) is 17.5. The molecule has 5 nitrogen and oxygen atoms in total. The quantitative estimate of drug-likeness (QED) is 0.754. The number of hydrogen-bond donors (Lipinski definition) is 0. The van der Waals surface area contributed by atoms with Gasteiger partial charge in [0.1, 0.15) is 13.2 Å². The lowest BCUT2D eigenvalue weighted by atomic mass is 9.95. The summed E-state index contributed by atoms with van der Waals surface area (Å²) < 4.78 is 10.5. The third-order valence-corrected chi connectivity index (χ3v) is 4.18. The Labute approximate surface area is 137 Å². The summed E-state index contributed by atoms with van der Waals surface area (Å²) in [6, 6.07) is 10.5. The largest absolute Gasteiger partial charge is 0.464 e. The molecule has 126 valence electrons. The van der Waals surface area contributed by atoms with Crippen LogP contribution in [0, 0.1) is 0 Å². The molecule has 1 heterocycles. The Hall–Kier alpha value is -1.88. The zero-order chi connectivity index (χ0) is 16.7. The number of esters is 2. The van der Waals surface area contributed by atoms with E-state index in [1.54, 1.807) is 0 Å². The van der Waals surface area contributed by atoms with E-state index in [-0.39, 0.29) is 24.0 Å². The van der Waals surface area contributed by atoms with Crippen molar-refractivity contribution in [2.45, 2.75) is 51.7 Å². The molecular weight excluding hydrogens is 294 g/mol. The van der Waals surface area contributed by atoms with E-state index in [9.17, 15) is 9.59 Å². The first-order valence-electron chi connectivity index (χ1n) is 8.12. The van der Waals surface area contributed by atoms with Gasteiger partial charge in [-0.05, 0) is 18.4 Å². The van der Waals surface area contributed by atoms with Crippen molar-refractivity contribution in [3.63, 3.8) is 0 Å². The van der Waals surface area contributed by atoms with Crippen LogP contribution < -0.4 is 0 Å². The van der Waals surface area contributed by atoms with Crippen LogP contribution in [0.15, 0.2) is 30.3 Å². The third-order valence-electron chi connectivity index (χ3n) is 4.18. The number of likely N-dealkylation sites (tertiary alicyclic amines) is 1. The minimum atomic E-state index is -0.258. The lowest BCUT2D eigenvalue weighted by Crippen LogP contribution is -2.50. The number of benzene rings is 1. The number of nitrogens with zero attached hydrogens (tertiary/aromatic N) is 1. The highest BCUT2D eigenvalue weighted by Crippen LogP contribution is 2.26. The van der Waals surface area contributed by atoms with Gasteiger partial charge in [0.15, 0.2) is 0 Å². The smallest absolute Gasteiger partial charge is 0.302 e. The van der Waals surface area contributed by atoms with Crippen molar-refractivity contribution in [3.8, 4) is 0 Å². The fourth-order valence-corrected chi connectivity index (χ4v) is 3.06. The topological polar surface area (TPSA) is 55.8 Å². The van der Waals surface area contributed by atoms with Crippen molar-refractivity contribution in [2.75, 3.05) is 13.2 Å². The second-order valence-electron chi connectivity index (χ2n) is 6.00. The van der Waals surface area contributed by atoms with Crippen molar-refractivity contribution in [2.24, 2.45) is 0 Å². The van der Waals surface area contributed by atoms with Crippen LogP contribution in [0.4, 0.5) is 0 Å². The second kappa shape index (κ2) is 8.67. The second-order valence-corrected chi connectivity index (χ2v) is 6.00. The Morgan fingerprint density at radius 2 is 1.52 bits per heavy atom. The predicted molar refractivity (Wildman–Crippen MR) is 86.7 cm³/mol. The van der Waals surface area contributed by atoms with E-state index in [0.29, 0.717) is 13.2 Å². The van der Waals surface area contributed by atoms with Gasteiger partial charge >= 0.3 is 11.9 Å². The van der Waals surface area contributed by atoms with Crippen LogP contribution in [0.1, 0.15) is 38.7 Å². The molecule has 1 aliphatic rings. The van der Waals surface area contributed by atoms with E-state index in [2.05, 4.69) is 17.0 Å². The molecule has 0 radical (unpaired) electrons. The number of carbonyl (C=O) groups excluding carboxylic acids is 2. The van der Waals surface area contributed by atoms with Crippen molar-refractivity contribution in [1.82, 2.24) is 4.90 Å². The first-order chi connectivity index (χ1) is 11.1. The third kappa shape index (κ3) is 5.67. The minimum absolute atomic E-state index is 0.161. The molecule has 0 spiro atoms. The lowest BCUT2D eigenvalue weighted by Gasteiger charge is -2.41. The maximum Gasteiger partial charge on any atom is 0.302 e. The molecule has 2 atom stereocenters. The molecule has 0 N–H and O–H groups in total. The van der Waals surface area contributed by atoms with Gasteiger partial charge in [0.25, 0.3) is 0 Å². The van der Waals surface area contributed by atoms with Gasteiger partial charge in [-0.25, -0.2) is 0 Å². The molecule has 1 saturated heterocycles. The van der Waals surface area contributed by atoms with Crippen LogP contribution in [0.5, 0.6) is 0 Å². The van der Waals surface area contributed by atoms with Gasteiger partial charge in [-0.3, -0.25) is 14.5 Å². The van der Waals surface area contributed by atoms with Crippen LogP contribution in [0.25, 0.3) is 0 Å². The Bertz CT molecular complexity index is 491. The summed E-state index contributed by atoms with van der Waals surface area (Å²) in [5.74, 6) is -0.515. The SMILES string of the molecule is CC(=O)OC[C@H]1CCC[C@@H](COC(C)=O)N1Cc1ccccc1. The normalized spacial score (nSPS) is 21.7. The van der Waals surface area contributed by atoms with E-state index in [0.717, 1.165) is 25.8 Å². The number of carbonyl (C=O) groups is 2. The van der Waals surface area contributed by atoms with Crippen molar-refractivity contribution in [3.05, 3.63) is 35.9 Å². The number of piperidine rings is 1. The van der Waals surface area contributed by atoms with Crippen LogP contribution in [-0.4, -0.2) is 42.1 Å². The minimum Gasteiger partial charge on any atom is -0.464 e. The highest BCUT2D eigenvalue weighted by Gasteiger charge is 2.31. The summed E-state index contributed by atoms with van der Waals surface area (Å²) in [4.78, 5) is 24.6. The fourth-order valence-electron chi connectivity index (χ4n) is 3.06. The molecular formula is C18H25NO4. The molecule has 0 saturated carbocycles. The maximum atomic E-state index is 11.1. The van der Waals surface area contributed by atoms with E-state index in [4.69, 9.17) is 9.47 Å². The molecule has 0 aromatic heterocycles. The zero-order valence-corrected chi connectivity index (χ0v) is 13.9. The predicted octanol–water partition coefficient (Wildman–Crippen LogP) is 2.54. The monoisotopic (exact) mass is 319 g/mol. The van der Waals surface area contributed by atoms with Crippen LogP contribution in [-0.2, 0) is 25.6 Å². The van der Waals surface area contributed by atoms with E-state index in [1.165, 1.54) is 19.4 Å². The average Bonchev–Trinajstić information content (AvgIpc) is 2.53. The Morgan fingerprint density at radius 1 is 1.00 bits per heavy atom. The summed E-state index contributed by atoms with van der Waals surface area (Å²) in [7, 11) is 0. The summed E-state index contributed by atoms with van der Waals surface area (Å²) in [5, 5.41) is 0. The molecule has 0 amide bonds. The van der Waals surface area contributed by atoms with E-state index < -0.39 is 0 Å². The fraction of sp³-hybridized carbons (Fsp3) is 0.556. The molecule has 0 bridgehead atoms. The van der Waals surface area contributed by atoms with Gasteiger partial charge in [0, 0.05) is 32.5 Å². The van der Waals surface area contributed by atoms with Crippen molar-refractivity contribution >= 4 is 11.9 Å². The van der Waals surface area contributed by atoms with E-state index in [1.807, 2.05) is 18.2 Å². The molecule has 1 fully saturated rings. The summed E-state index contributed by atoms with van der Waals surface area (Å²) >= 11 is 0. The molecule has 5 heteroatoms. The van der Waals surface area contributed by atoms with Gasteiger partial charge in [-0.15, -0.1) is 0 Å². The molecule has 0 aliphatic carbocycles. The Kier molecular flexibility index (Phi) is 6.59. The number of ether oxygens (including phenoxy) is 2. The molecule has 0 unspecified atom stereocenters. The van der Waals surface area contributed by atoms with Gasteiger partial charge in [0.05, 0.1) is 0 Å². The molecule has 2 rings (SSSR count). The first-order valence-corrected chi connectivity index (χ1v) is 8.12.